The lowest BCUT2D eigenvalue weighted by Gasteiger charge is -2.26. The van der Waals surface area contributed by atoms with Crippen LogP contribution < -0.4 is 5.32 Å². The van der Waals surface area contributed by atoms with Gasteiger partial charge in [-0.15, -0.1) is 0 Å². The maximum atomic E-state index is 4.12. The first-order valence-electron chi connectivity index (χ1n) is 3.93. The van der Waals surface area contributed by atoms with Crippen LogP contribution in [-0.4, -0.2) is 20.8 Å². The summed E-state index contributed by atoms with van der Waals surface area (Å²) in [6, 6.07) is 0.991. The number of aromatic nitrogens is 3. The zero-order valence-corrected chi connectivity index (χ0v) is 6.78. The van der Waals surface area contributed by atoms with Gasteiger partial charge in [0.1, 0.15) is 6.33 Å². The number of anilines is 1. The third kappa shape index (κ3) is 0.982. The maximum Gasteiger partial charge on any atom is 0.221 e. The van der Waals surface area contributed by atoms with E-state index >= 15 is 0 Å². The quantitative estimate of drug-likeness (QED) is 0.604. The van der Waals surface area contributed by atoms with Crippen LogP contribution >= 0.6 is 0 Å². The summed E-state index contributed by atoms with van der Waals surface area (Å²) >= 11 is 0. The second kappa shape index (κ2) is 2.22. The van der Waals surface area contributed by atoms with Crippen LogP contribution in [-0.2, 0) is 0 Å². The summed E-state index contributed by atoms with van der Waals surface area (Å²) in [4.78, 5) is 4.10. The Morgan fingerprint density at radius 1 is 1.64 bits per heavy atom. The van der Waals surface area contributed by atoms with Crippen LogP contribution in [0.2, 0.25) is 0 Å². The fourth-order valence-electron chi connectivity index (χ4n) is 1.57. The summed E-state index contributed by atoms with van der Waals surface area (Å²) in [6.45, 7) is 4.32. The average Bonchev–Trinajstić information content (AvgIpc) is 2.34. The molecule has 0 saturated heterocycles. The molecule has 1 aromatic rings. The first kappa shape index (κ1) is 6.64. The topological polar surface area (TPSA) is 42.7 Å². The molecule has 4 heteroatoms. The largest absolute Gasteiger partial charge is 0.352 e. The summed E-state index contributed by atoms with van der Waals surface area (Å²) in [5.74, 6) is 0.899. The highest BCUT2D eigenvalue weighted by atomic mass is 15.4. The van der Waals surface area contributed by atoms with E-state index in [-0.39, 0.29) is 0 Å². The Morgan fingerprint density at radius 2 is 2.45 bits per heavy atom. The van der Waals surface area contributed by atoms with Gasteiger partial charge in [-0.1, -0.05) is 0 Å². The van der Waals surface area contributed by atoms with Crippen molar-refractivity contribution < 1.29 is 0 Å². The molecule has 2 atom stereocenters. The Hall–Kier alpha value is -1.06. The zero-order valence-electron chi connectivity index (χ0n) is 6.78. The first-order chi connectivity index (χ1) is 5.27. The minimum Gasteiger partial charge on any atom is -0.352 e. The van der Waals surface area contributed by atoms with E-state index in [0.717, 1.165) is 12.4 Å². The molecule has 1 aliphatic heterocycles. The third-order valence-electron chi connectivity index (χ3n) is 2.06. The average molecular weight is 152 g/mol. The number of hydrogen-bond donors (Lipinski definition) is 1. The van der Waals surface area contributed by atoms with E-state index in [4.69, 9.17) is 0 Å². The summed E-state index contributed by atoms with van der Waals surface area (Å²) in [5.41, 5.74) is 0. The molecule has 0 bridgehead atoms. The molecule has 0 radical (unpaired) electrons. The highest BCUT2D eigenvalue weighted by molar-refractivity contribution is 5.27. The van der Waals surface area contributed by atoms with Crippen molar-refractivity contribution in [2.75, 3.05) is 5.32 Å². The van der Waals surface area contributed by atoms with Crippen LogP contribution in [0.1, 0.15) is 26.3 Å². The Morgan fingerprint density at radius 3 is 3.27 bits per heavy atom. The molecule has 4 nitrogen and oxygen atoms in total. The van der Waals surface area contributed by atoms with Crippen LogP contribution in [0, 0.1) is 0 Å². The van der Waals surface area contributed by atoms with Gasteiger partial charge in [0, 0.05) is 6.04 Å². The fourth-order valence-corrected chi connectivity index (χ4v) is 1.57. The van der Waals surface area contributed by atoms with E-state index in [2.05, 4.69) is 29.2 Å². The lowest BCUT2D eigenvalue weighted by Crippen LogP contribution is -2.29. The molecule has 1 aromatic heterocycles. The lowest BCUT2D eigenvalue weighted by molar-refractivity contribution is 0.412. The minimum atomic E-state index is 0.476. The smallest absolute Gasteiger partial charge is 0.221 e. The summed E-state index contributed by atoms with van der Waals surface area (Å²) in [5, 5.41) is 7.37. The van der Waals surface area contributed by atoms with Gasteiger partial charge in [-0.25, -0.2) is 4.68 Å². The lowest BCUT2D eigenvalue weighted by atomic mass is 10.1. The molecule has 0 amide bonds. The summed E-state index contributed by atoms with van der Waals surface area (Å²) < 4.78 is 1.93. The molecular weight excluding hydrogens is 140 g/mol. The Bertz CT molecular complexity index is 255. The van der Waals surface area contributed by atoms with Gasteiger partial charge in [0.15, 0.2) is 0 Å². The van der Waals surface area contributed by atoms with Crippen molar-refractivity contribution in [2.45, 2.75) is 32.4 Å². The van der Waals surface area contributed by atoms with E-state index in [1.165, 1.54) is 0 Å². The van der Waals surface area contributed by atoms with Crippen molar-refractivity contribution >= 4 is 5.95 Å². The highest BCUT2D eigenvalue weighted by Crippen LogP contribution is 2.22. The number of nitrogens with one attached hydrogen (secondary N) is 1. The van der Waals surface area contributed by atoms with Crippen LogP contribution in [0.15, 0.2) is 6.33 Å². The van der Waals surface area contributed by atoms with E-state index in [1.807, 2.05) is 4.68 Å². The van der Waals surface area contributed by atoms with Gasteiger partial charge in [0.2, 0.25) is 5.95 Å². The number of nitrogens with zero attached hydrogens (tertiary/aromatic N) is 3. The van der Waals surface area contributed by atoms with Crippen LogP contribution in [0.25, 0.3) is 0 Å². The van der Waals surface area contributed by atoms with Crippen LogP contribution in [0.3, 0.4) is 0 Å². The Labute approximate surface area is 65.6 Å². The molecule has 0 unspecified atom stereocenters. The monoisotopic (exact) mass is 152 g/mol. The predicted octanol–water partition coefficient (Wildman–Crippen LogP) is 1.04. The summed E-state index contributed by atoms with van der Waals surface area (Å²) in [6.07, 6.45) is 2.72. The van der Waals surface area contributed by atoms with Gasteiger partial charge in [-0.2, -0.15) is 10.1 Å². The molecule has 2 heterocycles. The molecular formula is C7H12N4. The van der Waals surface area contributed by atoms with Gasteiger partial charge in [0.05, 0.1) is 6.04 Å². The maximum absolute atomic E-state index is 4.12. The van der Waals surface area contributed by atoms with E-state index in [1.54, 1.807) is 6.33 Å². The summed E-state index contributed by atoms with van der Waals surface area (Å²) in [7, 11) is 0. The molecule has 0 spiro atoms. The number of fused-ring (bicyclic) bond motifs is 1. The standard InChI is InChI=1S/C7H12N4/c1-5-3-6(2)11-7(10-5)8-4-9-11/h4-6H,3H2,1-2H3,(H,8,9,10)/t5-,6+/m1/s1. The molecule has 0 aromatic carbocycles. The molecule has 0 saturated carbocycles. The van der Waals surface area contributed by atoms with Gasteiger partial charge >= 0.3 is 0 Å². The predicted molar refractivity (Wildman–Crippen MR) is 42.4 cm³/mol. The number of rotatable bonds is 0. The Balaban J connectivity index is 2.36. The molecule has 2 rings (SSSR count). The number of hydrogen-bond acceptors (Lipinski definition) is 3. The first-order valence-corrected chi connectivity index (χ1v) is 3.93. The molecule has 1 aliphatic rings. The van der Waals surface area contributed by atoms with Gasteiger partial charge in [-0.3, -0.25) is 0 Å². The van der Waals surface area contributed by atoms with Crippen molar-refractivity contribution in [1.82, 2.24) is 14.8 Å². The van der Waals surface area contributed by atoms with Gasteiger partial charge in [-0.05, 0) is 20.3 Å². The van der Waals surface area contributed by atoms with Gasteiger partial charge < -0.3 is 5.32 Å². The van der Waals surface area contributed by atoms with Crippen LogP contribution in [0.4, 0.5) is 5.95 Å². The van der Waals surface area contributed by atoms with Crippen molar-refractivity contribution in [3.63, 3.8) is 0 Å². The van der Waals surface area contributed by atoms with Crippen molar-refractivity contribution in [3.8, 4) is 0 Å². The second-order valence-corrected chi connectivity index (χ2v) is 3.16. The zero-order chi connectivity index (χ0) is 7.84. The van der Waals surface area contributed by atoms with Crippen LogP contribution in [0.5, 0.6) is 0 Å². The normalized spacial score (nSPS) is 29.3. The van der Waals surface area contributed by atoms with E-state index in [9.17, 15) is 0 Å². The second-order valence-electron chi connectivity index (χ2n) is 3.16. The molecule has 60 valence electrons. The minimum absolute atomic E-state index is 0.476. The SMILES string of the molecule is C[C@@H]1C[C@H](C)n2ncnc2N1. The molecule has 1 N–H and O–H groups in total. The van der Waals surface area contributed by atoms with E-state index < -0.39 is 0 Å². The van der Waals surface area contributed by atoms with Crippen molar-refractivity contribution in [1.29, 1.82) is 0 Å². The van der Waals surface area contributed by atoms with Gasteiger partial charge in [0.25, 0.3) is 0 Å². The molecule has 11 heavy (non-hydrogen) atoms. The fraction of sp³-hybridized carbons (Fsp3) is 0.714. The third-order valence-corrected chi connectivity index (χ3v) is 2.06. The van der Waals surface area contributed by atoms with Crippen molar-refractivity contribution in [3.05, 3.63) is 6.33 Å². The highest BCUT2D eigenvalue weighted by Gasteiger charge is 2.20. The molecule has 0 aliphatic carbocycles. The Kier molecular flexibility index (Phi) is 1.34. The molecule has 0 fully saturated rings. The van der Waals surface area contributed by atoms with Crippen molar-refractivity contribution in [2.24, 2.45) is 0 Å². The van der Waals surface area contributed by atoms with E-state index in [0.29, 0.717) is 12.1 Å².